The first-order valence-corrected chi connectivity index (χ1v) is 5.36. The summed E-state index contributed by atoms with van der Waals surface area (Å²) in [5.41, 5.74) is 1.39. The summed E-state index contributed by atoms with van der Waals surface area (Å²) in [6, 6.07) is 5.55. The van der Waals surface area contributed by atoms with Gasteiger partial charge in [0.25, 0.3) is 5.91 Å². The smallest absolute Gasteiger partial charge is 0.257 e. The Balaban J connectivity index is 2.04. The minimum absolute atomic E-state index is 0.0753. The zero-order valence-electron chi connectivity index (χ0n) is 9.83. The second-order valence-corrected chi connectivity index (χ2v) is 3.42. The second-order valence-electron chi connectivity index (χ2n) is 3.42. The van der Waals surface area contributed by atoms with E-state index in [4.69, 9.17) is 4.74 Å². The quantitative estimate of drug-likeness (QED) is 0.855. The number of hydrogen-bond acceptors (Lipinski definition) is 5. The van der Waals surface area contributed by atoms with Crippen LogP contribution in [0.2, 0.25) is 0 Å². The number of amides is 1. The molecule has 0 atom stereocenters. The standard InChI is InChI=1S/C12H12N4O2/c1-13-11(17)8-18-12-7-15-10(6-16-12)9-4-2-3-5-14-9/h2-7H,8H2,1H3,(H,13,17). The van der Waals surface area contributed by atoms with Gasteiger partial charge in [0.15, 0.2) is 6.61 Å². The minimum atomic E-state index is -0.217. The largest absolute Gasteiger partial charge is 0.466 e. The summed E-state index contributed by atoms with van der Waals surface area (Å²) in [4.78, 5) is 23.4. The molecule has 6 nitrogen and oxygen atoms in total. The monoisotopic (exact) mass is 244 g/mol. The third-order valence-corrected chi connectivity index (χ3v) is 2.19. The Morgan fingerprint density at radius 3 is 2.72 bits per heavy atom. The maximum atomic E-state index is 11.0. The van der Waals surface area contributed by atoms with E-state index in [0.717, 1.165) is 5.69 Å². The zero-order chi connectivity index (χ0) is 12.8. The van der Waals surface area contributed by atoms with Crippen molar-refractivity contribution in [3.8, 4) is 17.3 Å². The molecule has 0 spiro atoms. The average Bonchev–Trinajstić information content (AvgIpc) is 2.46. The van der Waals surface area contributed by atoms with Crippen molar-refractivity contribution in [3.63, 3.8) is 0 Å². The molecule has 2 rings (SSSR count). The number of pyridine rings is 1. The number of nitrogens with zero attached hydrogens (tertiary/aromatic N) is 3. The van der Waals surface area contributed by atoms with E-state index in [9.17, 15) is 4.79 Å². The maximum Gasteiger partial charge on any atom is 0.257 e. The van der Waals surface area contributed by atoms with Gasteiger partial charge in [0.1, 0.15) is 5.69 Å². The lowest BCUT2D eigenvalue weighted by Crippen LogP contribution is -2.25. The van der Waals surface area contributed by atoms with E-state index in [1.807, 2.05) is 18.2 Å². The SMILES string of the molecule is CNC(=O)COc1cnc(-c2ccccn2)cn1. The van der Waals surface area contributed by atoms with Crippen LogP contribution in [-0.4, -0.2) is 34.5 Å². The fourth-order valence-electron chi connectivity index (χ4n) is 1.25. The number of carbonyl (C=O) groups is 1. The van der Waals surface area contributed by atoms with E-state index < -0.39 is 0 Å². The molecule has 2 aromatic rings. The van der Waals surface area contributed by atoms with Crippen LogP contribution in [0, 0.1) is 0 Å². The Bertz CT molecular complexity index is 513. The van der Waals surface area contributed by atoms with E-state index >= 15 is 0 Å². The number of ether oxygens (including phenoxy) is 1. The van der Waals surface area contributed by atoms with Gasteiger partial charge >= 0.3 is 0 Å². The molecule has 0 unspecified atom stereocenters. The van der Waals surface area contributed by atoms with E-state index in [1.54, 1.807) is 19.4 Å². The Morgan fingerprint density at radius 2 is 2.11 bits per heavy atom. The van der Waals surface area contributed by atoms with Crippen molar-refractivity contribution in [2.24, 2.45) is 0 Å². The molecule has 0 aliphatic heterocycles. The molecule has 2 aromatic heterocycles. The summed E-state index contributed by atoms with van der Waals surface area (Å²) in [6.07, 6.45) is 4.71. The molecular formula is C12H12N4O2. The summed E-state index contributed by atoms with van der Waals surface area (Å²) < 4.78 is 5.14. The van der Waals surface area contributed by atoms with Crippen LogP contribution >= 0.6 is 0 Å². The number of carbonyl (C=O) groups excluding carboxylic acids is 1. The van der Waals surface area contributed by atoms with Gasteiger partial charge in [0.2, 0.25) is 5.88 Å². The first-order valence-electron chi connectivity index (χ1n) is 5.36. The molecule has 0 aromatic carbocycles. The fourth-order valence-corrected chi connectivity index (χ4v) is 1.25. The molecule has 0 aliphatic rings. The van der Waals surface area contributed by atoms with Crippen molar-refractivity contribution >= 4 is 5.91 Å². The lowest BCUT2D eigenvalue weighted by atomic mass is 10.3. The van der Waals surface area contributed by atoms with Crippen LogP contribution in [0.3, 0.4) is 0 Å². The molecule has 6 heteroatoms. The van der Waals surface area contributed by atoms with Gasteiger partial charge in [-0.3, -0.25) is 9.78 Å². The Morgan fingerprint density at radius 1 is 1.22 bits per heavy atom. The lowest BCUT2D eigenvalue weighted by Gasteiger charge is -2.04. The summed E-state index contributed by atoms with van der Waals surface area (Å²) >= 11 is 0. The summed E-state index contributed by atoms with van der Waals surface area (Å²) in [5, 5.41) is 2.45. The van der Waals surface area contributed by atoms with Gasteiger partial charge in [-0.15, -0.1) is 0 Å². The lowest BCUT2D eigenvalue weighted by molar-refractivity contribution is -0.122. The first kappa shape index (κ1) is 12.0. The van der Waals surface area contributed by atoms with Gasteiger partial charge in [-0.2, -0.15) is 0 Å². The number of likely N-dealkylation sites (N-methyl/N-ethyl adjacent to an activating group) is 1. The molecule has 1 N–H and O–H groups in total. The second kappa shape index (κ2) is 5.72. The molecule has 1 amide bonds. The molecule has 0 fully saturated rings. The minimum Gasteiger partial charge on any atom is -0.466 e. The van der Waals surface area contributed by atoms with E-state index in [2.05, 4.69) is 20.3 Å². The Hall–Kier alpha value is -2.50. The molecule has 18 heavy (non-hydrogen) atoms. The van der Waals surface area contributed by atoms with E-state index in [-0.39, 0.29) is 12.5 Å². The van der Waals surface area contributed by atoms with Crippen LogP contribution in [0.4, 0.5) is 0 Å². The van der Waals surface area contributed by atoms with Gasteiger partial charge in [0, 0.05) is 13.2 Å². The zero-order valence-corrected chi connectivity index (χ0v) is 9.83. The van der Waals surface area contributed by atoms with Gasteiger partial charge < -0.3 is 10.1 Å². The van der Waals surface area contributed by atoms with E-state index in [0.29, 0.717) is 11.6 Å². The van der Waals surface area contributed by atoms with E-state index in [1.165, 1.54) is 6.20 Å². The van der Waals surface area contributed by atoms with Crippen molar-refractivity contribution in [2.45, 2.75) is 0 Å². The van der Waals surface area contributed by atoms with Crippen LogP contribution in [0.5, 0.6) is 5.88 Å². The Kier molecular flexibility index (Phi) is 3.80. The fraction of sp³-hybridized carbons (Fsp3) is 0.167. The molecule has 0 saturated heterocycles. The van der Waals surface area contributed by atoms with Gasteiger partial charge in [-0.25, -0.2) is 9.97 Å². The van der Waals surface area contributed by atoms with Crippen LogP contribution < -0.4 is 10.1 Å². The number of aromatic nitrogens is 3. The van der Waals surface area contributed by atoms with Crippen molar-refractivity contribution in [3.05, 3.63) is 36.8 Å². The molecule has 92 valence electrons. The predicted octanol–water partition coefficient (Wildman–Crippen LogP) is 0.663. The highest BCUT2D eigenvalue weighted by Crippen LogP contribution is 2.13. The highest BCUT2D eigenvalue weighted by molar-refractivity contribution is 5.77. The molecule has 0 radical (unpaired) electrons. The topological polar surface area (TPSA) is 77.0 Å². The highest BCUT2D eigenvalue weighted by Gasteiger charge is 2.03. The average molecular weight is 244 g/mol. The van der Waals surface area contributed by atoms with Crippen molar-refractivity contribution in [1.29, 1.82) is 0 Å². The number of nitrogens with one attached hydrogen (secondary N) is 1. The Labute approximate surface area is 104 Å². The maximum absolute atomic E-state index is 11.0. The molecule has 0 bridgehead atoms. The van der Waals surface area contributed by atoms with Crippen molar-refractivity contribution in [1.82, 2.24) is 20.3 Å². The van der Waals surface area contributed by atoms with Crippen LogP contribution in [0.15, 0.2) is 36.8 Å². The van der Waals surface area contributed by atoms with Crippen molar-refractivity contribution in [2.75, 3.05) is 13.7 Å². The molecule has 2 heterocycles. The molecule has 0 aliphatic carbocycles. The van der Waals surface area contributed by atoms with Gasteiger partial charge in [-0.1, -0.05) is 6.07 Å². The van der Waals surface area contributed by atoms with Gasteiger partial charge in [-0.05, 0) is 12.1 Å². The summed E-state index contributed by atoms with van der Waals surface area (Å²) in [5.74, 6) is 0.0869. The van der Waals surface area contributed by atoms with Crippen LogP contribution in [0.25, 0.3) is 11.4 Å². The number of hydrogen-bond donors (Lipinski definition) is 1. The molecular weight excluding hydrogens is 232 g/mol. The molecule has 0 saturated carbocycles. The normalized spacial score (nSPS) is 9.83. The van der Waals surface area contributed by atoms with Crippen LogP contribution in [-0.2, 0) is 4.79 Å². The first-order chi connectivity index (χ1) is 8.79. The predicted molar refractivity (Wildman–Crippen MR) is 64.8 cm³/mol. The summed E-state index contributed by atoms with van der Waals surface area (Å²) in [6.45, 7) is -0.0753. The van der Waals surface area contributed by atoms with Gasteiger partial charge in [0.05, 0.1) is 18.1 Å². The van der Waals surface area contributed by atoms with Crippen LogP contribution in [0.1, 0.15) is 0 Å². The summed E-state index contributed by atoms with van der Waals surface area (Å²) in [7, 11) is 1.54. The third kappa shape index (κ3) is 3.00. The third-order valence-electron chi connectivity index (χ3n) is 2.19. The highest BCUT2D eigenvalue weighted by atomic mass is 16.5. The number of rotatable bonds is 4. The van der Waals surface area contributed by atoms with Crippen molar-refractivity contribution < 1.29 is 9.53 Å².